The summed E-state index contributed by atoms with van der Waals surface area (Å²) in [5.41, 5.74) is 4.35. The maximum absolute atomic E-state index is 12.6. The number of hydrogen-bond acceptors (Lipinski definition) is 2. The van der Waals surface area contributed by atoms with Crippen LogP contribution in [0.1, 0.15) is 47.9 Å². The first-order chi connectivity index (χ1) is 13.0. The van der Waals surface area contributed by atoms with Crippen molar-refractivity contribution in [2.24, 2.45) is 10.9 Å². The number of nitrogens with one attached hydrogen (secondary N) is 1. The number of alkyl halides is 1. The number of nitrogens with zero attached hydrogens (tertiary/aromatic N) is 1. The zero-order valence-corrected chi connectivity index (χ0v) is 17.6. The summed E-state index contributed by atoms with van der Waals surface area (Å²) < 4.78 is 12.6. The first-order valence-corrected chi connectivity index (χ1v) is 9.96. The van der Waals surface area contributed by atoms with Crippen LogP contribution >= 0.6 is 0 Å². The standard InChI is InChI=1S/C13H17N.C11H18FN.FH.H2/c1-4-14-12(3)11(2)10-13-8-6-5-7-9-13;1-3-10-6-11(8-13-7-10)5-4-9(2)12;;/h5-8,10,14H,2-4,9H2,1H3;6,8-10H,3-5,7H2,1-2H3;2*1H/b13-10-;;;. The number of likely N-dealkylation sites (N-methyl/N-ethyl adjacent to an activating group) is 1. The summed E-state index contributed by atoms with van der Waals surface area (Å²) in [6.45, 7) is 15.5. The highest BCUT2D eigenvalue weighted by Gasteiger charge is 2.08. The van der Waals surface area contributed by atoms with Gasteiger partial charge < -0.3 is 5.32 Å². The Kier molecular flexibility index (Phi) is 13.6. The van der Waals surface area contributed by atoms with E-state index in [1.54, 1.807) is 6.92 Å². The van der Waals surface area contributed by atoms with Gasteiger partial charge in [-0.15, -0.1) is 0 Å². The molecule has 2 nitrogen and oxygen atoms in total. The van der Waals surface area contributed by atoms with Gasteiger partial charge in [-0.05, 0) is 68.2 Å². The van der Waals surface area contributed by atoms with E-state index in [-0.39, 0.29) is 6.13 Å². The summed E-state index contributed by atoms with van der Waals surface area (Å²) in [7, 11) is 0. The fraction of sp³-hybridized carbons (Fsp3) is 0.458. The molecule has 0 aromatic carbocycles. The summed E-state index contributed by atoms with van der Waals surface area (Å²) in [4.78, 5) is 4.27. The lowest BCUT2D eigenvalue weighted by molar-refractivity contribution is 0.342. The van der Waals surface area contributed by atoms with E-state index in [2.05, 4.69) is 67.7 Å². The van der Waals surface area contributed by atoms with Crippen molar-refractivity contribution in [2.45, 2.75) is 52.6 Å². The Labute approximate surface area is 171 Å². The monoisotopic (exact) mass is 392 g/mol. The molecule has 0 saturated carbocycles. The third-order valence-corrected chi connectivity index (χ3v) is 4.45. The minimum absolute atomic E-state index is 0. The average Bonchev–Trinajstić information content (AvgIpc) is 2.68. The predicted molar refractivity (Wildman–Crippen MR) is 123 cm³/mol. The molecule has 0 spiro atoms. The molecule has 0 aromatic rings. The van der Waals surface area contributed by atoms with Crippen molar-refractivity contribution >= 4 is 6.21 Å². The topological polar surface area (TPSA) is 24.4 Å². The number of halogens is 2. The molecular formula is C24H38F2N2. The molecule has 0 aromatic heterocycles. The minimum Gasteiger partial charge on any atom is -0.385 e. The molecule has 0 amide bonds. The van der Waals surface area contributed by atoms with Gasteiger partial charge in [0.25, 0.3) is 0 Å². The summed E-state index contributed by atoms with van der Waals surface area (Å²) in [5, 5.41) is 3.15. The van der Waals surface area contributed by atoms with Crippen LogP contribution in [0.4, 0.5) is 9.09 Å². The molecule has 2 atom stereocenters. The van der Waals surface area contributed by atoms with E-state index in [0.717, 1.165) is 43.6 Å². The number of hydrogen-bond donors (Lipinski definition) is 1. The molecule has 2 aliphatic rings. The zero-order chi connectivity index (χ0) is 20.1. The molecule has 0 fully saturated rings. The summed E-state index contributed by atoms with van der Waals surface area (Å²) in [6.07, 6.45) is 17.4. The first kappa shape index (κ1) is 25.8. The van der Waals surface area contributed by atoms with E-state index in [4.69, 9.17) is 0 Å². The van der Waals surface area contributed by atoms with Crippen molar-refractivity contribution in [3.8, 4) is 0 Å². The van der Waals surface area contributed by atoms with Crippen molar-refractivity contribution < 1.29 is 10.5 Å². The van der Waals surface area contributed by atoms with Crippen LogP contribution in [-0.4, -0.2) is 25.5 Å². The second kappa shape index (κ2) is 14.8. The van der Waals surface area contributed by atoms with Gasteiger partial charge in [0.15, 0.2) is 0 Å². The van der Waals surface area contributed by atoms with Crippen molar-refractivity contribution in [2.75, 3.05) is 13.1 Å². The molecule has 1 aliphatic carbocycles. The number of rotatable bonds is 8. The number of aliphatic imine (C=N–C) groups is 1. The average molecular weight is 393 g/mol. The third kappa shape index (κ3) is 10.8. The molecule has 2 rings (SSSR count). The van der Waals surface area contributed by atoms with E-state index in [1.165, 1.54) is 11.1 Å². The lowest BCUT2D eigenvalue weighted by Gasteiger charge is -2.14. The highest BCUT2D eigenvalue weighted by molar-refractivity contribution is 5.79. The maximum Gasteiger partial charge on any atom is 0.0976 e. The van der Waals surface area contributed by atoms with Gasteiger partial charge in [0.2, 0.25) is 0 Å². The Hall–Kier alpha value is -2.23. The molecule has 1 N–H and O–H groups in total. The summed E-state index contributed by atoms with van der Waals surface area (Å²) in [5.74, 6) is 0.579. The smallest absolute Gasteiger partial charge is 0.0976 e. The van der Waals surface area contributed by atoms with Crippen LogP contribution < -0.4 is 5.32 Å². The van der Waals surface area contributed by atoms with Crippen LogP contribution in [0, 0.1) is 5.92 Å². The number of dihydropyridines is 1. The molecule has 0 bridgehead atoms. The van der Waals surface area contributed by atoms with Gasteiger partial charge in [0, 0.05) is 26.4 Å². The normalized spacial score (nSPS) is 19.8. The lowest BCUT2D eigenvalue weighted by Crippen LogP contribution is -2.11. The molecule has 2 unspecified atom stereocenters. The zero-order valence-electron chi connectivity index (χ0n) is 17.6. The fourth-order valence-corrected chi connectivity index (χ4v) is 2.74. The van der Waals surface area contributed by atoms with E-state index in [9.17, 15) is 4.39 Å². The lowest BCUT2D eigenvalue weighted by atomic mass is 9.98. The van der Waals surface area contributed by atoms with Gasteiger partial charge in [-0.1, -0.05) is 50.5 Å². The number of allylic oxidation sites excluding steroid dienone is 7. The maximum atomic E-state index is 12.6. The summed E-state index contributed by atoms with van der Waals surface area (Å²) >= 11 is 0. The van der Waals surface area contributed by atoms with E-state index < -0.39 is 6.17 Å². The van der Waals surface area contributed by atoms with Crippen LogP contribution in [0.3, 0.4) is 0 Å². The second-order valence-corrected chi connectivity index (χ2v) is 6.97. The van der Waals surface area contributed by atoms with Crippen LogP contribution in [0.25, 0.3) is 0 Å². The quantitative estimate of drug-likeness (QED) is 0.458. The van der Waals surface area contributed by atoms with Crippen LogP contribution in [-0.2, 0) is 0 Å². The molecule has 0 radical (unpaired) electrons. The molecule has 1 heterocycles. The first-order valence-electron chi connectivity index (χ1n) is 9.96. The predicted octanol–water partition coefficient (Wildman–Crippen LogP) is 6.67. The Morgan fingerprint density at radius 1 is 1.39 bits per heavy atom. The fourth-order valence-electron chi connectivity index (χ4n) is 2.74. The Morgan fingerprint density at radius 3 is 2.71 bits per heavy atom. The molecule has 28 heavy (non-hydrogen) atoms. The van der Waals surface area contributed by atoms with Crippen LogP contribution in [0.5, 0.6) is 0 Å². The molecular weight excluding hydrogens is 354 g/mol. The molecule has 0 saturated heterocycles. The summed E-state index contributed by atoms with van der Waals surface area (Å²) in [6, 6.07) is 0. The van der Waals surface area contributed by atoms with E-state index >= 15 is 0 Å². The van der Waals surface area contributed by atoms with Crippen molar-refractivity contribution in [3.05, 3.63) is 72.0 Å². The van der Waals surface area contributed by atoms with Gasteiger partial charge in [-0.2, -0.15) is 0 Å². The second-order valence-electron chi connectivity index (χ2n) is 6.97. The Morgan fingerprint density at radius 2 is 2.14 bits per heavy atom. The van der Waals surface area contributed by atoms with Crippen LogP contribution in [0.2, 0.25) is 0 Å². The van der Waals surface area contributed by atoms with Gasteiger partial charge in [0.05, 0.1) is 6.17 Å². The van der Waals surface area contributed by atoms with E-state index in [1.807, 2.05) is 12.3 Å². The largest absolute Gasteiger partial charge is 0.385 e. The highest BCUT2D eigenvalue weighted by atomic mass is 19.1. The highest BCUT2D eigenvalue weighted by Crippen LogP contribution is 2.17. The van der Waals surface area contributed by atoms with Crippen molar-refractivity contribution in [3.63, 3.8) is 0 Å². The van der Waals surface area contributed by atoms with Gasteiger partial charge in [-0.3, -0.25) is 9.70 Å². The van der Waals surface area contributed by atoms with Crippen molar-refractivity contribution in [1.29, 1.82) is 0 Å². The molecule has 158 valence electrons. The Balaban J connectivity index is 0. The van der Waals surface area contributed by atoms with E-state index in [0.29, 0.717) is 12.3 Å². The Bertz CT molecular complexity index is 643. The minimum atomic E-state index is -0.698. The van der Waals surface area contributed by atoms with Crippen molar-refractivity contribution in [1.82, 2.24) is 5.32 Å². The molecule has 4 heteroatoms. The van der Waals surface area contributed by atoms with Gasteiger partial charge in [-0.25, -0.2) is 4.39 Å². The molecule has 1 aliphatic heterocycles. The van der Waals surface area contributed by atoms with Crippen LogP contribution in [0.15, 0.2) is 77.0 Å². The van der Waals surface area contributed by atoms with Gasteiger partial charge in [0.1, 0.15) is 0 Å². The SMILES string of the molecule is C=C(/C=C1/C=CC=CC1)C(=C)NCC.CCC1C=C(CCC(C)F)C=NC1.F.[HH]. The third-order valence-electron chi connectivity index (χ3n) is 4.45. The van der Waals surface area contributed by atoms with Gasteiger partial charge >= 0.3 is 0 Å².